The fraction of sp³-hybridized carbons (Fsp3) is 0.714. The van der Waals surface area contributed by atoms with Gasteiger partial charge in [0.1, 0.15) is 11.7 Å². The highest BCUT2D eigenvalue weighted by molar-refractivity contribution is 5.69. The van der Waals surface area contributed by atoms with Gasteiger partial charge in [-0.2, -0.15) is 0 Å². The Morgan fingerprint density at radius 1 is 1.26 bits per heavy atom. The number of ether oxygens (including phenoxy) is 2. The highest BCUT2D eigenvalue weighted by atomic mass is 16.6. The van der Waals surface area contributed by atoms with Crippen molar-refractivity contribution in [2.45, 2.75) is 59.3 Å². The number of hydrogen-bond donors (Lipinski definition) is 1. The van der Waals surface area contributed by atoms with Crippen LogP contribution in [0.2, 0.25) is 0 Å². The Bertz CT molecular complexity index is 331. The van der Waals surface area contributed by atoms with Crippen LogP contribution in [0.5, 0.6) is 0 Å². The molecule has 0 rings (SSSR count). The quantitative estimate of drug-likeness (QED) is 0.616. The lowest BCUT2D eigenvalue weighted by Crippen LogP contribution is -2.49. The van der Waals surface area contributed by atoms with Crippen molar-refractivity contribution in [1.82, 2.24) is 5.32 Å². The molecule has 0 fully saturated rings. The average Bonchev–Trinajstić information content (AvgIpc) is 2.19. The summed E-state index contributed by atoms with van der Waals surface area (Å²) >= 11 is 0. The van der Waals surface area contributed by atoms with Crippen LogP contribution >= 0.6 is 0 Å². The molecule has 0 spiro atoms. The molecule has 0 radical (unpaired) electrons. The van der Waals surface area contributed by atoms with E-state index in [2.05, 4.69) is 11.9 Å². The molecule has 1 amide bonds. The third kappa shape index (κ3) is 7.49. The first-order valence-corrected chi connectivity index (χ1v) is 6.36. The van der Waals surface area contributed by atoms with Crippen molar-refractivity contribution in [3.05, 3.63) is 12.7 Å². The van der Waals surface area contributed by atoms with Crippen LogP contribution in [0.3, 0.4) is 0 Å². The zero-order valence-corrected chi connectivity index (χ0v) is 12.6. The van der Waals surface area contributed by atoms with Crippen molar-refractivity contribution in [1.29, 1.82) is 0 Å². The van der Waals surface area contributed by atoms with Gasteiger partial charge in [0.25, 0.3) is 0 Å². The van der Waals surface area contributed by atoms with Crippen molar-refractivity contribution in [2.24, 2.45) is 5.92 Å². The van der Waals surface area contributed by atoms with Gasteiger partial charge in [0.05, 0.1) is 6.04 Å². The summed E-state index contributed by atoms with van der Waals surface area (Å²) < 4.78 is 10.3. The van der Waals surface area contributed by atoms with E-state index in [9.17, 15) is 9.59 Å². The van der Waals surface area contributed by atoms with Crippen LogP contribution in [-0.4, -0.2) is 29.8 Å². The molecular formula is C14H25NO4. The van der Waals surface area contributed by atoms with Gasteiger partial charge in [-0.05, 0) is 32.8 Å². The molecule has 110 valence electrons. The van der Waals surface area contributed by atoms with E-state index >= 15 is 0 Å². The standard InChI is InChI=1S/C14H25NO4/c1-8-11(18-10(4)16)12(9(2)3)15-13(17)19-14(5,6)7/h8-9,11-12H,1H2,2-7H3,(H,15,17)/t11-,12+/m0/s1. The SMILES string of the molecule is C=C[C@H](OC(C)=O)[C@H](NC(=O)OC(C)(C)C)C(C)C. The first kappa shape index (κ1) is 17.5. The van der Waals surface area contributed by atoms with E-state index in [1.807, 2.05) is 13.8 Å². The normalized spacial score (nSPS) is 14.5. The zero-order valence-electron chi connectivity index (χ0n) is 12.6. The lowest BCUT2D eigenvalue weighted by Gasteiger charge is -2.29. The fourth-order valence-electron chi connectivity index (χ4n) is 1.53. The van der Waals surface area contributed by atoms with Crippen molar-refractivity contribution in [2.75, 3.05) is 0 Å². The molecule has 0 aliphatic carbocycles. The van der Waals surface area contributed by atoms with Gasteiger partial charge in [0.15, 0.2) is 0 Å². The molecule has 2 atom stereocenters. The van der Waals surface area contributed by atoms with E-state index in [4.69, 9.17) is 9.47 Å². The van der Waals surface area contributed by atoms with E-state index in [0.29, 0.717) is 0 Å². The predicted octanol–water partition coefficient (Wildman–Crippen LogP) is 2.65. The summed E-state index contributed by atoms with van der Waals surface area (Å²) in [4.78, 5) is 22.8. The molecule has 0 bridgehead atoms. The number of alkyl carbamates (subject to hydrolysis) is 1. The van der Waals surface area contributed by atoms with E-state index < -0.39 is 23.8 Å². The molecular weight excluding hydrogens is 246 g/mol. The van der Waals surface area contributed by atoms with Gasteiger partial charge in [0.2, 0.25) is 0 Å². The number of amides is 1. The molecule has 0 aromatic rings. The minimum absolute atomic E-state index is 0.0647. The maximum Gasteiger partial charge on any atom is 0.408 e. The number of rotatable bonds is 5. The van der Waals surface area contributed by atoms with Gasteiger partial charge in [-0.3, -0.25) is 4.79 Å². The number of carbonyl (C=O) groups excluding carboxylic acids is 2. The molecule has 0 aliphatic rings. The van der Waals surface area contributed by atoms with Gasteiger partial charge in [-0.25, -0.2) is 4.79 Å². The second-order valence-electron chi connectivity index (χ2n) is 5.73. The summed E-state index contributed by atoms with van der Waals surface area (Å²) in [6.07, 6.45) is 0.388. The van der Waals surface area contributed by atoms with Crippen molar-refractivity contribution in [3.63, 3.8) is 0 Å². The average molecular weight is 271 g/mol. The number of carbonyl (C=O) groups is 2. The highest BCUT2D eigenvalue weighted by Crippen LogP contribution is 2.13. The first-order chi connectivity index (χ1) is 8.56. The number of nitrogens with one attached hydrogen (secondary N) is 1. The fourth-order valence-corrected chi connectivity index (χ4v) is 1.53. The molecule has 5 nitrogen and oxygen atoms in total. The molecule has 0 aliphatic heterocycles. The van der Waals surface area contributed by atoms with Crippen LogP contribution < -0.4 is 5.32 Å². The maximum absolute atomic E-state index is 11.8. The Hall–Kier alpha value is -1.52. The third-order valence-corrected chi connectivity index (χ3v) is 2.29. The van der Waals surface area contributed by atoms with Crippen LogP contribution in [-0.2, 0) is 14.3 Å². The largest absolute Gasteiger partial charge is 0.456 e. The van der Waals surface area contributed by atoms with Crippen molar-refractivity contribution < 1.29 is 19.1 Å². The molecule has 0 saturated carbocycles. The molecule has 0 heterocycles. The maximum atomic E-state index is 11.8. The smallest absolute Gasteiger partial charge is 0.408 e. The monoisotopic (exact) mass is 271 g/mol. The summed E-state index contributed by atoms with van der Waals surface area (Å²) in [7, 11) is 0. The highest BCUT2D eigenvalue weighted by Gasteiger charge is 2.28. The van der Waals surface area contributed by atoms with E-state index in [1.165, 1.54) is 13.0 Å². The van der Waals surface area contributed by atoms with Crippen LogP contribution in [0.1, 0.15) is 41.5 Å². The van der Waals surface area contributed by atoms with Crippen LogP contribution in [0.25, 0.3) is 0 Å². The molecule has 1 N–H and O–H groups in total. The summed E-state index contributed by atoms with van der Waals surface area (Å²) in [5.74, 6) is -0.351. The first-order valence-electron chi connectivity index (χ1n) is 6.36. The summed E-state index contributed by atoms with van der Waals surface area (Å²) in [6, 6.07) is -0.378. The van der Waals surface area contributed by atoms with Crippen LogP contribution in [0.15, 0.2) is 12.7 Å². The van der Waals surface area contributed by atoms with Gasteiger partial charge < -0.3 is 14.8 Å². The van der Waals surface area contributed by atoms with Gasteiger partial charge in [0, 0.05) is 6.92 Å². The minimum atomic E-state index is -0.579. The molecule has 0 saturated heterocycles. The Morgan fingerprint density at radius 3 is 2.11 bits per heavy atom. The second kappa shape index (κ2) is 7.16. The number of hydrogen-bond acceptors (Lipinski definition) is 4. The molecule has 0 unspecified atom stereocenters. The van der Waals surface area contributed by atoms with Crippen molar-refractivity contribution in [3.8, 4) is 0 Å². The minimum Gasteiger partial charge on any atom is -0.456 e. The van der Waals surface area contributed by atoms with Gasteiger partial charge in [-0.15, -0.1) is 0 Å². The van der Waals surface area contributed by atoms with E-state index in [0.717, 1.165) is 0 Å². The summed E-state index contributed by atoms with van der Waals surface area (Å²) in [5.41, 5.74) is -0.573. The zero-order chi connectivity index (χ0) is 15.2. The second-order valence-corrected chi connectivity index (χ2v) is 5.73. The van der Waals surface area contributed by atoms with Crippen molar-refractivity contribution >= 4 is 12.1 Å². The predicted molar refractivity (Wildman–Crippen MR) is 73.7 cm³/mol. The Kier molecular flexibility index (Phi) is 6.59. The van der Waals surface area contributed by atoms with Gasteiger partial charge in [-0.1, -0.05) is 20.4 Å². The topological polar surface area (TPSA) is 64.6 Å². The Labute approximate surface area is 115 Å². The lowest BCUT2D eigenvalue weighted by atomic mass is 9.98. The van der Waals surface area contributed by atoms with Gasteiger partial charge >= 0.3 is 12.1 Å². The van der Waals surface area contributed by atoms with E-state index in [-0.39, 0.29) is 12.0 Å². The van der Waals surface area contributed by atoms with Crippen LogP contribution in [0, 0.1) is 5.92 Å². The van der Waals surface area contributed by atoms with Crippen LogP contribution in [0.4, 0.5) is 4.79 Å². The molecule has 5 heteroatoms. The lowest BCUT2D eigenvalue weighted by molar-refractivity contribution is -0.145. The molecule has 0 aromatic carbocycles. The number of esters is 1. The Morgan fingerprint density at radius 2 is 1.79 bits per heavy atom. The Balaban J connectivity index is 4.77. The molecule has 0 aromatic heterocycles. The summed E-state index contributed by atoms with van der Waals surface area (Å²) in [6.45, 7) is 14.1. The third-order valence-electron chi connectivity index (χ3n) is 2.29. The summed E-state index contributed by atoms with van der Waals surface area (Å²) in [5, 5.41) is 2.72. The van der Waals surface area contributed by atoms with E-state index in [1.54, 1.807) is 20.8 Å². The molecule has 19 heavy (non-hydrogen) atoms.